The molecule has 0 aromatic heterocycles. The molecule has 0 spiro atoms. The van der Waals surface area contributed by atoms with E-state index in [-0.39, 0.29) is 30.6 Å². The molecule has 2 atom stereocenters. The Morgan fingerprint density at radius 1 is 1.00 bits per heavy atom. The minimum atomic E-state index is -0.0595. The summed E-state index contributed by atoms with van der Waals surface area (Å²) in [6.07, 6.45) is 1.41. The average Bonchev–Trinajstić information content (AvgIpc) is 3.33. The number of carbonyl (C=O) groups excluding carboxylic acids is 2. The fourth-order valence-corrected chi connectivity index (χ4v) is 2.84. The van der Waals surface area contributed by atoms with Gasteiger partial charge in [-0.15, -0.1) is 0 Å². The first-order chi connectivity index (χ1) is 11.1. The third-order valence-electron chi connectivity index (χ3n) is 4.11. The zero-order chi connectivity index (χ0) is 16.2. The van der Waals surface area contributed by atoms with E-state index < -0.39 is 0 Å². The fraction of sp³-hybridized carbons (Fsp3) is 0.263. The van der Waals surface area contributed by atoms with Gasteiger partial charge in [-0.3, -0.25) is 9.59 Å². The number of hydrogen-bond acceptors (Lipinski definition) is 2. The topological polar surface area (TPSA) is 46.2 Å². The molecule has 118 valence electrons. The summed E-state index contributed by atoms with van der Waals surface area (Å²) in [5, 5.41) is 3.60. The average molecular weight is 328 g/mol. The highest BCUT2D eigenvalue weighted by Crippen LogP contribution is 2.40. The van der Waals surface area contributed by atoms with Gasteiger partial charge in [-0.05, 0) is 36.2 Å². The van der Waals surface area contributed by atoms with E-state index in [4.69, 9.17) is 11.6 Å². The van der Waals surface area contributed by atoms with Crippen LogP contribution in [-0.2, 0) is 4.79 Å². The van der Waals surface area contributed by atoms with Crippen molar-refractivity contribution in [1.29, 1.82) is 0 Å². The lowest BCUT2D eigenvalue weighted by atomic mass is 10.1. The fourth-order valence-electron chi connectivity index (χ4n) is 2.71. The van der Waals surface area contributed by atoms with Crippen LogP contribution in [0.2, 0.25) is 5.02 Å². The van der Waals surface area contributed by atoms with Crippen molar-refractivity contribution in [3.63, 3.8) is 0 Å². The van der Waals surface area contributed by atoms with Gasteiger partial charge in [-0.1, -0.05) is 41.9 Å². The lowest BCUT2D eigenvalue weighted by molar-refractivity contribution is -0.121. The van der Waals surface area contributed by atoms with Gasteiger partial charge in [0.25, 0.3) is 0 Å². The number of ketones is 1. The number of Topliss-reactive ketones (excluding diaryl/α,β-unsaturated/α-hetero) is 1. The lowest BCUT2D eigenvalue weighted by Crippen LogP contribution is -2.26. The van der Waals surface area contributed by atoms with E-state index in [1.165, 1.54) is 5.56 Å². The van der Waals surface area contributed by atoms with Gasteiger partial charge in [-0.25, -0.2) is 0 Å². The van der Waals surface area contributed by atoms with Gasteiger partial charge in [0.15, 0.2) is 5.78 Å². The monoisotopic (exact) mass is 327 g/mol. The Morgan fingerprint density at radius 3 is 2.39 bits per heavy atom. The van der Waals surface area contributed by atoms with Crippen LogP contribution in [0.25, 0.3) is 0 Å². The van der Waals surface area contributed by atoms with Crippen LogP contribution in [0.3, 0.4) is 0 Å². The summed E-state index contributed by atoms with van der Waals surface area (Å²) in [5.41, 5.74) is 1.85. The second kappa shape index (κ2) is 6.97. The number of hydrogen-bond donors (Lipinski definition) is 1. The Bertz CT molecular complexity index is 697. The van der Waals surface area contributed by atoms with Crippen molar-refractivity contribution in [1.82, 2.24) is 5.32 Å². The maximum Gasteiger partial charge on any atom is 0.220 e. The molecular weight excluding hydrogens is 310 g/mol. The highest BCUT2D eigenvalue weighted by atomic mass is 35.5. The summed E-state index contributed by atoms with van der Waals surface area (Å²) >= 11 is 5.80. The molecule has 1 aliphatic carbocycles. The molecule has 2 aromatic rings. The summed E-state index contributed by atoms with van der Waals surface area (Å²) in [5.74, 6) is 0.315. The van der Waals surface area contributed by atoms with Crippen LogP contribution in [0, 0.1) is 0 Å². The van der Waals surface area contributed by atoms with Crippen molar-refractivity contribution in [2.24, 2.45) is 0 Å². The molecule has 1 fully saturated rings. The molecule has 0 saturated heterocycles. The van der Waals surface area contributed by atoms with Crippen molar-refractivity contribution in [2.45, 2.75) is 31.2 Å². The second-order valence-corrected chi connectivity index (χ2v) is 6.29. The number of halogens is 1. The molecule has 1 amide bonds. The maximum absolute atomic E-state index is 12.0. The zero-order valence-corrected chi connectivity index (χ0v) is 13.4. The first-order valence-electron chi connectivity index (χ1n) is 7.76. The zero-order valence-electron chi connectivity index (χ0n) is 12.7. The molecule has 3 rings (SSSR count). The molecule has 0 radical (unpaired) electrons. The van der Waals surface area contributed by atoms with Crippen LogP contribution in [-0.4, -0.2) is 17.7 Å². The van der Waals surface area contributed by atoms with E-state index in [0.29, 0.717) is 16.5 Å². The Kier molecular flexibility index (Phi) is 4.77. The largest absolute Gasteiger partial charge is 0.353 e. The first kappa shape index (κ1) is 15.8. The molecule has 1 aliphatic rings. The molecule has 2 unspecified atom stereocenters. The SMILES string of the molecule is O=C(CCC(=O)c1ccc(Cl)cc1)NC1CC1c1ccccc1. The van der Waals surface area contributed by atoms with Gasteiger partial charge in [-0.2, -0.15) is 0 Å². The van der Waals surface area contributed by atoms with E-state index >= 15 is 0 Å². The van der Waals surface area contributed by atoms with Crippen LogP contribution in [0.1, 0.15) is 41.1 Å². The molecule has 23 heavy (non-hydrogen) atoms. The smallest absolute Gasteiger partial charge is 0.220 e. The van der Waals surface area contributed by atoms with Crippen molar-refractivity contribution in [2.75, 3.05) is 0 Å². The quantitative estimate of drug-likeness (QED) is 0.816. The van der Waals surface area contributed by atoms with Gasteiger partial charge in [0.2, 0.25) is 5.91 Å². The van der Waals surface area contributed by atoms with E-state index in [1.807, 2.05) is 18.2 Å². The Labute approximate surface area is 140 Å². The predicted octanol–water partition coefficient (Wildman–Crippen LogP) is 3.98. The Balaban J connectivity index is 1.44. The molecule has 0 heterocycles. The van der Waals surface area contributed by atoms with Crippen molar-refractivity contribution in [3.8, 4) is 0 Å². The highest BCUT2D eigenvalue weighted by Gasteiger charge is 2.39. The number of benzene rings is 2. The number of carbonyl (C=O) groups is 2. The lowest BCUT2D eigenvalue weighted by Gasteiger charge is -2.05. The van der Waals surface area contributed by atoms with E-state index in [9.17, 15) is 9.59 Å². The standard InChI is InChI=1S/C19H18ClNO2/c20-15-8-6-14(7-9-15)18(22)10-11-19(23)21-17-12-16(17)13-4-2-1-3-5-13/h1-9,16-17H,10-12H2,(H,21,23). The molecule has 0 bridgehead atoms. The Hall–Kier alpha value is -2.13. The van der Waals surface area contributed by atoms with Crippen molar-refractivity contribution >= 4 is 23.3 Å². The molecule has 1 N–H and O–H groups in total. The van der Waals surface area contributed by atoms with Crippen LogP contribution in [0.15, 0.2) is 54.6 Å². The van der Waals surface area contributed by atoms with Crippen LogP contribution >= 0.6 is 11.6 Å². The van der Waals surface area contributed by atoms with Gasteiger partial charge in [0, 0.05) is 35.4 Å². The third kappa shape index (κ3) is 4.20. The molecule has 0 aliphatic heterocycles. The normalized spacial score (nSPS) is 19.2. The van der Waals surface area contributed by atoms with Crippen molar-refractivity contribution < 1.29 is 9.59 Å². The molecule has 2 aromatic carbocycles. The number of rotatable bonds is 6. The number of amides is 1. The van der Waals surface area contributed by atoms with Crippen LogP contribution in [0.5, 0.6) is 0 Å². The van der Waals surface area contributed by atoms with Crippen molar-refractivity contribution in [3.05, 3.63) is 70.7 Å². The summed E-state index contributed by atoms with van der Waals surface area (Å²) in [6.45, 7) is 0. The summed E-state index contributed by atoms with van der Waals surface area (Å²) in [4.78, 5) is 24.0. The van der Waals surface area contributed by atoms with E-state index in [0.717, 1.165) is 6.42 Å². The summed E-state index contributed by atoms with van der Waals surface area (Å²) in [7, 11) is 0. The first-order valence-corrected chi connectivity index (χ1v) is 8.14. The molecule has 4 heteroatoms. The minimum Gasteiger partial charge on any atom is -0.353 e. The van der Waals surface area contributed by atoms with Crippen LogP contribution in [0.4, 0.5) is 0 Å². The van der Waals surface area contributed by atoms with Gasteiger partial charge < -0.3 is 5.32 Å². The summed E-state index contributed by atoms with van der Waals surface area (Å²) < 4.78 is 0. The van der Waals surface area contributed by atoms with Gasteiger partial charge in [0.05, 0.1) is 0 Å². The summed E-state index contributed by atoms with van der Waals surface area (Å²) in [6, 6.07) is 17.1. The molecule has 3 nitrogen and oxygen atoms in total. The van der Waals surface area contributed by atoms with Gasteiger partial charge in [0.1, 0.15) is 0 Å². The van der Waals surface area contributed by atoms with E-state index in [2.05, 4.69) is 17.4 Å². The second-order valence-electron chi connectivity index (χ2n) is 5.86. The minimum absolute atomic E-state index is 0.0350. The molecular formula is C19H18ClNO2. The third-order valence-corrected chi connectivity index (χ3v) is 4.36. The molecule has 1 saturated carbocycles. The highest BCUT2D eigenvalue weighted by molar-refractivity contribution is 6.30. The van der Waals surface area contributed by atoms with E-state index in [1.54, 1.807) is 24.3 Å². The van der Waals surface area contributed by atoms with Gasteiger partial charge >= 0.3 is 0 Å². The number of nitrogens with one attached hydrogen (secondary N) is 1. The van der Waals surface area contributed by atoms with Crippen LogP contribution < -0.4 is 5.32 Å². The Morgan fingerprint density at radius 2 is 1.70 bits per heavy atom. The predicted molar refractivity (Wildman–Crippen MR) is 90.7 cm³/mol. The maximum atomic E-state index is 12.0.